The van der Waals surface area contributed by atoms with E-state index in [4.69, 9.17) is 15.2 Å². The van der Waals surface area contributed by atoms with Crippen molar-refractivity contribution in [1.29, 1.82) is 0 Å². The highest BCUT2D eigenvalue weighted by atomic mass is 16.5. The van der Waals surface area contributed by atoms with Crippen molar-refractivity contribution >= 4 is 0 Å². The molecule has 17 heavy (non-hydrogen) atoms. The van der Waals surface area contributed by atoms with Crippen LogP contribution in [0.15, 0.2) is 18.2 Å². The minimum absolute atomic E-state index is 0.154. The van der Waals surface area contributed by atoms with E-state index in [1.807, 2.05) is 18.2 Å². The number of hydrogen-bond donors (Lipinski definition) is 1. The van der Waals surface area contributed by atoms with Crippen molar-refractivity contribution in [3.8, 4) is 11.5 Å². The highest BCUT2D eigenvalue weighted by molar-refractivity contribution is 5.42. The Bertz CT molecular complexity index is 352. The van der Waals surface area contributed by atoms with Crippen molar-refractivity contribution in [3.05, 3.63) is 23.8 Å². The lowest BCUT2D eigenvalue weighted by Gasteiger charge is -2.22. The van der Waals surface area contributed by atoms with Gasteiger partial charge in [-0.3, -0.25) is 0 Å². The third-order valence-electron chi connectivity index (χ3n) is 3.19. The second-order valence-corrected chi connectivity index (χ2v) is 4.35. The number of hydrogen-bond acceptors (Lipinski definition) is 3. The van der Waals surface area contributed by atoms with Crippen molar-refractivity contribution in [2.24, 2.45) is 5.73 Å². The van der Waals surface area contributed by atoms with E-state index >= 15 is 0 Å². The first-order valence-electron chi connectivity index (χ1n) is 6.11. The first kappa shape index (κ1) is 13.8. The maximum atomic E-state index is 6.18. The summed E-state index contributed by atoms with van der Waals surface area (Å²) in [5.74, 6) is 1.99. The zero-order valence-corrected chi connectivity index (χ0v) is 11.2. The van der Waals surface area contributed by atoms with Gasteiger partial charge in [0.05, 0.1) is 14.2 Å². The molecule has 0 aliphatic carbocycles. The first-order chi connectivity index (χ1) is 8.13. The van der Waals surface area contributed by atoms with Crippen LogP contribution < -0.4 is 15.2 Å². The molecule has 2 N–H and O–H groups in total. The molecule has 3 nitrogen and oxygen atoms in total. The van der Waals surface area contributed by atoms with Crippen LogP contribution in [0, 0.1) is 0 Å². The highest BCUT2D eigenvalue weighted by Crippen LogP contribution is 2.32. The van der Waals surface area contributed by atoms with Gasteiger partial charge in [0.15, 0.2) is 0 Å². The maximum Gasteiger partial charge on any atom is 0.122 e. The van der Waals surface area contributed by atoms with Crippen LogP contribution in [0.1, 0.15) is 38.2 Å². The van der Waals surface area contributed by atoms with E-state index in [9.17, 15) is 0 Å². The summed E-state index contributed by atoms with van der Waals surface area (Å²) in [5, 5.41) is 0. The van der Waals surface area contributed by atoms with E-state index in [2.05, 4.69) is 13.8 Å². The second-order valence-electron chi connectivity index (χ2n) is 4.35. The van der Waals surface area contributed by atoms with Gasteiger partial charge in [0.1, 0.15) is 11.5 Å². The molecule has 1 aromatic carbocycles. The average molecular weight is 237 g/mol. The lowest BCUT2D eigenvalue weighted by atomic mass is 9.90. The molecular formula is C14H23NO2. The standard InChI is InChI=1S/C14H23NO2/c1-5-6-13(15)10(2)12-9-11(16-3)7-8-14(12)17-4/h7-10,13H,5-6,15H2,1-4H3. The molecule has 0 fully saturated rings. The molecule has 1 aromatic rings. The Morgan fingerprint density at radius 1 is 1.24 bits per heavy atom. The maximum absolute atomic E-state index is 6.18. The van der Waals surface area contributed by atoms with Crippen LogP contribution in [-0.2, 0) is 0 Å². The van der Waals surface area contributed by atoms with Gasteiger partial charge in [-0.15, -0.1) is 0 Å². The van der Waals surface area contributed by atoms with Crippen molar-refractivity contribution in [2.75, 3.05) is 14.2 Å². The Morgan fingerprint density at radius 2 is 1.94 bits per heavy atom. The van der Waals surface area contributed by atoms with Gasteiger partial charge in [-0.1, -0.05) is 20.3 Å². The summed E-state index contributed by atoms with van der Waals surface area (Å²) >= 11 is 0. The molecule has 1 rings (SSSR count). The molecule has 0 aliphatic rings. The fourth-order valence-electron chi connectivity index (χ4n) is 2.01. The molecule has 0 radical (unpaired) electrons. The predicted molar refractivity (Wildman–Crippen MR) is 70.8 cm³/mol. The van der Waals surface area contributed by atoms with Crippen LogP contribution in [0.3, 0.4) is 0 Å². The van der Waals surface area contributed by atoms with E-state index < -0.39 is 0 Å². The number of rotatable bonds is 6. The fourth-order valence-corrected chi connectivity index (χ4v) is 2.01. The number of nitrogens with two attached hydrogens (primary N) is 1. The van der Waals surface area contributed by atoms with Crippen LogP contribution >= 0.6 is 0 Å². The van der Waals surface area contributed by atoms with Gasteiger partial charge in [-0.05, 0) is 30.5 Å². The minimum atomic E-state index is 0.154. The Kier molecular flexibility index (Phi) is 5.29. The lowest BCUT2D eigenvalue weighted by Crippen LogP contribution is -2.26. The fraction of sp³-hybridized carbons (Fsp3) is 0.571. The van der Waals surface area contributed by atoms with Gasteiger partial charge in [0.2, 0.25) is 0 Å². The molecule has 0 aliphatic heterocycles. The van der Waals surface area contributed by atoms with Crippen LogP contribution in [0.4, 0.5) is 0 Å². The summed E-state index contributed by atoms with van der Waals surface area (Å²) < 4.78 is 10.6. The molecule has 0 aromatic heterocycles. The van der Waals surface area contributed by atoms with Gasteiger partial charge in [0, 0.05) is 11.6 Å². The number of ether oxygens (including phenoxy) is 2. The molecule has 0 amide bonds. The van der Waals surface area contributed by atoms with Gasteiger partial charge in [0.25, 0.3) is 0 Å². The smallest absolute Gasteiger partial charge is 0.122 e. The third kappa shape index (κ3) is 3.37. The highest BCUT2D eigenvalue weighted by Gasteiger charge is 2.18. The Labute approximate surface area is 104 Å². The van der Waals surface area contributed by atoms with Gasteiger partial charge in [-0.25, -0.2) is 0 Å². The summed E-state index contributed by atoms with van der Waals surface area (Å²) in [7, 11) is 3.35. The zero-order valence-electron chi connectivity index (χ0n) is 11.2. The molecule has 0 spiro atoms. The quantitative estimate of drug-likeness (QED) is 0.827. The Morgan fingerprint density at radius 3 is 2.47 bits per heavy atom. The number of methoxy groups -OCH3 is 2. The van der Waals surface area contributed by atoms with Gasteiger partial charge < -0.3 is 15.2 Å². The van der Waals surface area contributed by atoms with E-state index in [1.165, 1.54) is 0 Å². The average Bonchev–Trinajstić information content (AvgIpc) is 2.37. The van der Waals surface area contributed by atoms with E-state index in [-0.39, 0.29) is 12.0 Å². The molecule has 0 saturated carbocycles. The van der Waals surface area contributed by atoms with Crippen LogP contribution in [0.5, 0.6) is 11.5 Å². The second kappa shape index (κ2) is 6.50. The monoisotopic (exact) mass is 237 g/mol. The van der Waals surface area contributed by atoms with Crippen LogP contribution in [-0.4, -0.2) is 20.3 Å². The van der Waals surface area contributed by atoms with Crippen LogP contribution in [0.2, 0.25) is 0 Å². The van der Waals surface area contributed by atoms with Crippen LogP contribution in [0.25, 0.3) is 0 Å². The molecule has 3 heteroatoms. The van der Waals surface area contributed by atoms with E-state index in [0.29, 0.717) is 0 Å². The number of benzene rings is 1. The lowest BCUT2D eigenvalue weighted by molar-refractivity contribution is 0.390. The molecule has 0 heterocycles. The minimum Gasteiger partial charge on any atom is -0.497 e. The van der Waals surface area contributed by atoms with Crippen molar-refractivity contribution in [3.63, 3.8) is 0 Å². The van der Waals surface area contributed by atoms with Crippen molar-refractivity contribution in [1.82, 2.24) is 0 Å². The third-order valence-corrected chi connectivity index (χ3v) is 3.19. The van der Waals surface area contributed by atoms with E-state index in [1.54, 1.807) is 14.2 Å². The molecule has 0 bridgehead atoms. The van der Waals surface area contributed by atoms with Gasteiger partial charge >= 0.3 is 0 Å². The topological polar surface area (TPSA) is 44.5 Å². The van der Waals surface area contributed by atoms with Crippen molar-refractivity contribution < 1.29 is 9.47 Å². The summed E-state index contributed by atoms with van der Waals surface area (Å²) in [6.45, 7) is 4.28. The summed E-state index contributed by atoms with van der Waals surface area (Å²) in [4.78, 5) is 0. The first-order valence-corrected chi connectivity index (χ1v) is 6.11. The Balaban J connectivity index is 3.00. The molecule has 0 saturated heterocycles. The van der Waals surface area contributed by atoms with Crippen molar-refractivity contribution in [2.45, 2.75) is 38.6 Å². The SMILES string of the molecule is CCCC(N)C(C)c1cc(OC)ccc1OC. The molecule has 2 atom stereocenters. The summed E-state index contributed by atoms with van der Waals surface area (Å²) in [6, 6.07) is 6.00. The normalized spacial score (nSPS) is 14.2. The summed E-state index contributed by atoms with van der Waals surface area (Å²) in [5.41, 5.74) is 7.30. The predicted octanol–water partition coefficient (Wildman–Crippen LogP) is 2.93. The van der Waals surface area contributed by atoms with E-state index in [0.717, 1.165) is 29.9 Å². The molecule has 96 valence electrons. The molecule has 2 unspecified atom stereocenters. The van der Waals surface area contributed by atoms with Gasteiger partial charge in [-0.2, -0.15) is 0 Å². The Hall–Kier alpha value is -1.22. The largest absolute Gasteiger partial charge is 0.497 e. The molecular weight excluding hydrogens is 214 g/mol. The summed E-state index contributed by atoms with van der Waals surface area (Å²) in [6.07, 6.45) is 2.11. The zero-order chi connectivity index (χ0) is 12.8.